The number of nitrogens with zero attached hydrogens (tertiary/aromatic N) is 1. The average Bonchev–Trinajstić information content (AvgIpc) is 2.19. The molecule has 0 aliphatic heterocycles. The van der Waals surface area contributed by atoms with Gasteiger partial charge in [-0.2, -0.15) is 0 Å². The number of carboxylic acid groups (broad SMARTS) is 1. The van der Waals surface area contributed by atoms with Gasteiger partial charge < -0.3 is 9.84 Å². The summed E-state index contributed by atoms with van der Waals surface area (Å²) >= 11 is 0. The van der Waals surface area contributed by atoms with Crippen LogP contribution in [-0.4, -0.2) is 22.7 Å². The summed E-state index contributed by atoms with van der Waals surface area (Å²) in [5.74, 6) is 4.34. The van der Waals surface area contributed by atoms with Crippen LogP contribution in [0.3, 0.4) is 0 Å². The molecule has 0 spiro atoms. The maximum atomic E-state index is 10.7. The Kier molecular flexibility index (Phi) is 3.50. The zero-order valence-electron chi connectivity index (χ0n) is 7.65. The molecule has 1 rings (SSSR count). The topological polar surface area (TPSA) is 59.4 Å². The molecule has 0 bridgehead atoms. The largest absolute Gasteiger partial charge is 0.477 e. The van der Waals surface area contributed by atoms with Crippen molar-refractivity contribution in [3.63, 3.8) is 0 Å². The second-order valence-electron chi connectivity index (χ2n) is 2.38. The van der Waals surface area contributed by atoms with Gasteiger partial charge in [-0.15, -0.1) is 5.92 Å². The van der Waals surface area contributed by atoms with Gasteiger partial charge in [0.05, 0.1) is 0 Å². The highest BCUT2D eigenvalue weighted by Crippen LogP contribution is 2.13. The third kappa shape index (κ3) is 2.49. The number of ether oxygens (including phenoxy) is 1. The minimum atomic E-state index is -1.06. The lowest BCUT2D eigenvalue weighted by molar-refractivity contribution is 0.0692. The van der Waals surface area contributed by atoms with Crippen LogP contribution >= 0.6 is 0 Å². The van der Waals surface area contributed by atoms with E-state index in [1.807, 2.05) is 0 Å². The second kappa shape index (κ2) is 4.87. The number of carboxylic acids is 1. The summed E-state index contributed by atoms with van der Waals surface area (Å²) in [6, 6.07) is 2.98. The number of pyridine rings is 1. The first kappa shape index (κ1) is 10.1. The smallest absolute Gasteiger partial charge is 0.341 e. The van der Waals surface area contributed by atoms with E-state index in [9.17, 15) is 4.79 Å². The van der Waals surface area contributed by atoms with E-state index < -0.39 is 5.97 Å². The van der Waals surface area contributed by atoms with Crippen LogP contribution in [0.2, 0.25) is 0 Å². The Morgan fingerprint density at radius 3 is 3.14 bits per heavy atom. The number of carbonyl (C=O) groups is 1. The summed E-state index contributed by atoms with van der Waals surface area (Å²) in [5.41, 5.74) is 0.0467. The van der Waals surface area contributed by atoms with Crippen LogP contribution in [0, 0.1) is 11.8 Å². The minimum absolute atomic E-state index is 0.0467. The Hall–Kier alpha value is -2.02. The minimum Gasteiger partial charge on any atom is -0.477 e. The van der Waals surface area contributed by atoms with Gasteiger partial charge in [0, 0.05) is 6.20 Å². The van der Waals surface area contributed by atoms with E-state index >= 15 is 0 Å². The van der Waals surface area contributed by atoms with Crippen LogP contribution in [0.25, 0.3) is 0 Å². The third-order valence-corrected chi connectivity index (χ3v) is 1.46. The number of aromatic carboxylic acids is 1. The van der Waals surface area contributed by atoms with E-state index in [0.717, 1.165) is 0 Å². The summed E-state index contributed by atoms with van der Waals surface area (Å²) in [7, 11) is 0. The quantitative estimate of drug-likeness (QED) is 0.729. The van der Waals surface area contributed by atoms with Crippen LogP contribution < -0.4 is 4.74 Å². The zero-order chi connectivity index (χ0) is 10.4. The van der Waals surface area contributed by atoms with Crippen LogP contribution in [0.5, 0.6) is 5.88 Å². The summed E-state index contributed by atoms with van der Waals surface area (Å²) in [6.07, 6.45) is 1.47. The van der Waals surface area contributed by atoms with Crippen molar-refractivity contribution in [2.45, 2.75) is 6.92 Å². The highest BCUT2D eigenvalue weighted by molar-refractivity contribution is 5.90. The molecule has 1 aromatic heterocycles. The van der Waals surface area contributed by atoms with Gasteiger partial charge in [0.25, 0.3) is 0 Å². The Morgan fingerprint density at radius 2 is 2.50 bits per heavy atom. The Labute approximate surface area is 81.5 Å². The lowest BCUT2D eigenvalue weighted by atomic mass is 10.3. The lowest BCUT2D eigenvalue weighted by Gasteiger charge is -2.03. The molecule has 0 unspecified atom stereocenters. The molecular formula is C10H9NO3. The summed E-state index contributed by atoms with van der Waals surface area (Å²) in [5, 5.41) is 8.77. The van der Waals surface area contributed by atoms with Gasteiger partial charge in [0.15, 0.2) is 6.61 Å². The average molecular weight is 191 g/mol. The van der Waals surface area contributed by atoms with Crippen molar-refractivity contribution in [1.82, 2.24) is 4.98 Å². The molecule has 0 radical (unpaired) electrons. The molecule has 0 aliphatic rings. The van der Waals surface area contributed by atoms with E-state index in [1.165, 1.54) is 12.3 Å². The maximum Gasteiger partial charge on any atom is 0.341 e. The van der Waals surface area contributed by atoms with E-state index in [1.54, 1.807) is 13.0 Å². The molecule has 4 heteroatoms. The highest BCUT2D eigenvalue weighted by Gasteiger charge is 2.10. The van der Waals surface area contributed by atoms with E-state index in [2.05, 4.69) is 16.8 Å². The molecule has 4 nitrogen and oxygen atoms in total. The van der Waals surface area contributed by atoms with Crippen molar-refractivity contribution in [2.75, 3.05) is 6.61 Å². The van der Waals surface area contributed by atoms with Gasteiger partial charge in [0.2, 0.25) is 5.88 Å². The number of aromatic nitrogens is 1. The van der Waals surface area contributed by atoms with Crippen LogP contribution in [0.4, 0.5) is 0 Å². The summed E-state index contributed by atoms with van der Waals surface area (Å²) in [4.78, 5) is 14.5. The fourth-order valence-electron chi connectivity index (χ4n) is 0.845. The SMILES string of the molecule is CC#CCOc1ncccc1C(=O)O. The van der Waals surface area contributed by atoms with Gasteiger partial charge in [-0.25, -0.2) is 9.78 Å². The standard InChI is InChI=1S/C10H9NO3/c1-2-3-7-14-9-8(10(12)13)5-4-6-11-9/h4-6H,7H2,1H3,(H,12,13). The van der Waals surface area contributed by atoms with Crippen molar-refractivity contribution in [3.05, 3.63) is 23.9 Å². The predicted molar refractivity (Wildman–Crippen MR) is 50.1 cm³/mol. The molecule has 0 aromatic carbocycles. The molecule has 72 valence electrons. The first-order chi connectivity index (χ1) is 6.75. The number of hydrogen-bond acceptors (Lipinski definition) is 3. The third-order valence-electron chi connectivity index (χ3n) is 1.46. The highest BCUT2D eigenvalue weighted by atomic mass is 16.5. The van der Waals surface area contributed by atoms with Crippen molar-refractivity contribution in [2.24, 2.45) is 0 Å². The first-order valence-corrected chi connectivity index (χ1v) is 3.96. The zero-order valence-corrected chi connectivity index (χ0v) is 7.65. The molecule has 1 N–H and O–H groups in total. The predicted octanol–water partition coefficient (Wildman–Crippen LogP) is 1.18. The fraction of sp³-hybridized carbons (Fsp3) is 0.200. The van der Waals surface area contributed by atoms with Crippen LogP contribution in [-0.2, 0) is 0 Å². The Morgan fingerprint density at radius 1 is 1.71 bits per heavy atom. The van der Waals surface area contributed by atoms with Crippen LogP contribution in [0.1, 0.15) is 17.3 Å². The number of hydrogen-bond donors (Lipinski definition) is 1. The van der Waals surface area contributed by atoms with Crippen molar-refractivity contribution >= 4 is 5.97 Å². The molecule has 14 heavy (non-hydrogen) atoms. The Balaban J connectivity index is 2.83. The molecular weight excluding hydrogens is 182 g/mol. The molecule has 0 saturated carbocycles. The lowest BCUT2D eigenvalue weighted by Crippen LogP contribution is -2.04. The molecule has 0 fully saturated rings. The second-order valence-corrected chi connectivity index (χ2v) is 2.38. The molecule has 0 aliphatic carbocycles. The van der Waals surface area contributed by atoms with Gasteiger partial charge in [0.1, 0.15) is 5.56 Å². The molecule has 1 heterocycles. The normalized spacial score (nSPS) is 8.64. The summed E-state index contributed by atoms with van der Waals surface area (Å²) < 4.78 is 5.07. The Bertz CT molecular complexity index is 390. The molecule has 0 atom stereocenters. The van der Waals surface area contributed by atoms with Gasteiger partial charge >= 0.3 is 5.97 Å². The van der Waals surface area contributed by atoms with E-state index in [0.29, 0.717) is 0 Å². The van der Waals surface area contributed by atoms with Gasteiger partial charge in [-0.1, -0.05) is 5.92 Å². The van der Waals surface area contributed by atoms with Gasteiger partial charge in [-0.05, 0) is 19.1 Å². The van der Waals surface area contributed by atoms with E-state index in [-0.39, 0.29) is 18.1 Å². The van der Waals surface area contributed by atoms with E-state index in [4.69, 9.17) is 9.84 Å². The van der Waals surface area contributed by atoms with Crippen LogP contribution in [0.15, 0.2) is 18.3 Å². The molecule has 0 amide bonds. The van der Waals surface area contributed by atoms with Gasteiger partial charge in [-0.3, -0.25) is 0 Å². The van der Waals surface area contributed by atoms with Crippen molar-refractivity contribution in [3.8, 4) is 17.7 Å². The molecule has 1 aromatic rings. The first-order valence-electron chi connectivity index (χ1n) is 3.96. The fourth-order valence-corrected chi connectivity index (χ4v) is 0.845. The summed E-state index contributed by atoms with van der Waals surface area (Å²) in [6.45, 7) is 1.83. The van der Waals surface area contributed by atoms with Crippen molar-refractivity contribution < 1.29 is 14.6 Å². The molecule has 0 saturated heterocycles. The maximum absolute atomic E-state index is 10.7. The monoisotopic (exact) mass is 191 g/mol. The van der Waals surface area contributed by atoms with Crippen molar-refractivity contribution in [1.29, 1.82) is 0 Å². The number of rotatable bonds is 3.